The third-order valence-electron chi connectivity index (χ3n) is 10.6. The zero-order valence-corrected chi connectivity index (χ0v) is 25.0. The second-order valence-corrected chi connectivity index (χ2v) is 13.0. The van der Waals surface area contributed by atoms with Gasteiger partial charge in [-0.3, -0.25) is 0 Å². The Hall–Kier alpha value is -4.82. The van der Waals surface area contributed by atoms with Crippen molar-refractivity contribution >= 4 is 60.6 Å². The average Bonchev–Trinajstić information content (AvgIpc) is 3.68. The molecular formula is C42H35BO. The Morgan fingerprint density at radius 3 is 1.59 bits per heavy atom. The first-order valence-electron chi connectivity index (χ1n) is 16.3. The standard InChI is InChI=1S/C42H35BO/c1-2-14-33(15-3-1)41-40-19-10-26-44(40)43(38-24-22-31-12-5-8-17-35(31)28-38,39-25-23-32-13-6-9-18-36(32)29-39)42(41)37-21-20-30-11-4-7-16-34(30)27-37/h4-13,16-29,33H,1-3,14-15H2. The van der Waals surface area contributed by atoms with E-state index in [4.69, 9.17) is 0 Å². The molecule has 1 fully saturated rings. The van der Waals surface area contributed by atoms with Crippen LogP contribution in [0.3, 0.4) is 0 Å². The summed E-state index contributed by atoms with van der Waals surface area (Å²) in [6, 6.07) is 52.6. The van der Waals surface area contributed by atoms with Gasteiger partial charge in [-0.2, -0.15) is 0 Å². The summed E-state index contributed by atoms with van der Waals surface area (Å²) in [6.45, 7) is 0. The first kappa shape index (κ1) is 25.7. The minimum absolute atomic E-state index is 0.538. The molecule has 0 unspecified atom stereocenters. The van der Waals surface area contributed by atoms with E-state index in [9.17, 15) is 0 Å². The van der Waals surface area contributed by atoms with E-state index < -0.39 is 6.35 Å². The maximum Gasteiger partial charge on any atom is 0.420 e. The molecule has 1 aliphatic carbocycles. The zero-order valence-electron chi connectivity index (χ0n) is 25.0. The summed E-state index contributed by atoms with van der Waals surface area (Å²) in [7, 11) is 0. The third kappa shape index (κ3) is 3.80. The highest BCUT2D eigenvalue weighted by Crippen LogP contribution is 2.52. The van der Waals surface area contributed by atoms with E-state index in [1.165, 1.54) is 97.7 Å². The van der Waals surface area contributed by atoms with Gasteiger partial charge < -0.3 is 3.96 Å². The highest BCUT2D eigenvalue weighted by Gasteiger charge is 2.53. The van der Waals surface area contributed by atoms with E-state index in [1.54, 1.807) is 0 Å². The summed E-state index contributed by atoms with van der Waals surface area (Å²) >= 11 is 0. The molecule has 7 aromatic rings. The quantitative estimate of drug-likeness (QED) is 0.147. The van der Waals surface area contributed by atoms with E-state index in [0.29, 0.717) is 5.92 Å². The molecule has 1 nitrogen and oxygen atoms in total. The summed E-state index contributed by atoms with van der Waals surface area (Å²) in [5.74, 6) is 1.86. The molecule has 9 rings (SSSR count). The molecule has 2 heteroatoms. The van der Waals surface area contributed by atoms with Crippen molar-refractivity contribution < 1.29 is 3.96 Å². The van der Waals surface area contributed by atoms with Crippen LogP contribution in [0.2, 0.25) is 0 Å². The van der Waals surface area contributed by atoms with Crippen LogP contribution in [-0.2, 0) is 0 Å². The van der Waals surface area contributed by atoms with Crippen molar-refractivity contribution in [1.29, 1.82) is 0 Å². The lowest BCUT2D eigenvalue weighted by Crippen LogP contribution is -2.59. The zero-order chi connectivity index (χ0) is 29.1. The number of fused-ring (bicyclic) bond motifs is 4. The Morgan fingerprint density at radius 2 is 1.00 bits per heavy atom. The van der Waals surface area contributed by atoms with Crippen molar-refractivity contribution in [3.05, 3.63) is 157 Å². The van der Waals surface area contributed by atoms with Crippen molar-refractivity contribution in [3.63, 3.8) is 0 Å². The minimum atomic E-state index is -1.62. The van der Waals surface area contributed by atoms with Crippen LogP contribution in [0, 0.1) is 5.92 Å². The van der Waals surface area contributed by atoms with Crippen molar-refractivity contribution in [1.82, 2.24) is 0 Å². The fraction of sp³-hybridized carbons (Fsp3) is 0.143. The van der Waals surface area contributed by atoms with Gasteiger partial charge in [0.05, 0.1) is 0 Å². The van der Waals surface area contributed by atoms with E-state index in [2.05, 4.69) is 150 Å². The number of allylic oxidation sites excluding steroid dienone is 1. The summed E-state index contributed by atoms with van der Waals surface area (Å²) in [5, 5.41) is 7.70. The van der Waals surface area contributed by atoms with Crippen LogP contribution < -0.4 is 10.9 Å². The van der Waals surface area contributed by atoms with Crippen LogP contribution in [0.4, 0.5) is 0 Å². The summed E-state index contributed by atoms with van der Waals surface area (Å²) in [5.41, 5.74) is 7.04. The maximum absolute atomic E-state index is 3.87. The average molecular weight is 567 g/mol. The van der Waals surface area contributed by atoms with E-state index in [1.807, 2.05) is 0 Å². The van der Waals surface area contributed by atoms with E-state index in [-0.39, 0.29) is 0 Å². The Labute approximate surface area is 259 Å². The molecule has 0 radical (unpaired) electrons. The van der Waals surface area contributed by atoms with Crippen molar-refractivity contribution in [2.24, 2.45) is 5.92 Å². The van der Waals surface area contributed by atoms with E-state index >= 15 is 0 Å². The van der Waals surface area contributed by atoms with E-state index in [0.717, 1.165) is 0 Å². The highest BCUT2D eigenvalue weighted by atomic mass is 16.5. The van der Waals surface area contributed by atoms with Gasteiger partial charge in [-0.1, -0.05) is 157 Å². The first-order chi connectivity index (χ1) is 21.8. The Kier molecular flexibility index (Phi) is 5.91. The Bertz CT molecular complexity index is 2150. The van der Waals surface area contributed by atoms with Gasteiger partial charge in [0, 0.05) is 17.7 Å². The molecule has 0 bridgehead atoms. The molecule has 2 aliphatic rings. The summed E-state index contributed by atoms with van der Waals surface area (Å²) in [4.78, 5) is 0. The van der Waals surface area contributed by atoms with Crippen LogP contribution in [-0.4, -0.2) is 6.35 Å². The molecule has 1 aromatic heterocycles. The predicted molar refractivity (Wildman–Crippen MR) is 189 cm³/mol. The van der Waals surface area contributed by atoms with Gasteiger partial charge in [-0.15, -0.1) is 0 Å². The van der Waals surface area contributed by atoms with Gasteiger partial charge in [-0.25, -0.2) is 0 Å². The molecule has 44 heavy (non-hydrogen) atoms. The van der Waals surface area contributed by atoms with Gasteiger partial charge >= 0.3 is 6.35 Å². The van der Waals surface area contributed by atoms with Crippen LogP contribution >= 0.6 is 0 Å². The highest BCUT2D eigenvalue weighted by molar-refractivity contribution is 7.13. The van der Waals surface area contributed by atoms with Gasteiger partial charge in [0.15, 0.2) is 6.26 Å². The Morgan fingerprint density at radius 1 is 0.477 bits per heavy atom. The fourth-order valence-electron chi connectivity index (χ4n) is 8.67. The molecule has 0 spiro atoms. The van der Waals surface area contributed by atoms with Gasteiger partial charge in [0.2, 0.25) is 5.76 Å². The number of benzene rings is 6. The molecule has 212 valence electrons. The van der Waals surface area contributed by atoms with Crippen LogP contribution in [0.25, 0.3) is 43.4 Å². The molecule has 1 aliphatic heterocycles. The van der Waals surface area contributed by atoms with Crippen LogP contribution in [0.15, 0.2) is 150 Å². The number of hydrogen-bond acceptors (Lipinski definition) is 0. The van der Waals surface area contributed by atoms with Crippen LogP contribution in [0.1, 0.15) is 43.4 Å². The molecule has 6 aromatic carbocycles. The Balaban J connectivity index is 1.44. The lowest BCUT2D eigenvalue weighted by Gasteiger charge is -2.39. The van der Waals surface area contributed by atoms with Gasteiger partial charge in [-0.05, 0) is 62.7 Å². The lowest BCUT2D eigenvalue weighted by molar-refractivity contribution is 0.363. The topological polar surface area (TPSA) is 2.70 Å². The second kappa shape index (κ2) is 10.1. The van der Waals surface area contributed by atoms with Gasteiger partial charge in [0.25, 0.3) is 0 Å². The second-order valence-electron chi connectivity index (χ2n) is 13.0. The largest absolute Gasteiger partial charge is 0.777 e. The molecular weight excluding hydrogens is 531 g/mol. The normalized spacial score (nSPS) is 16.6. The number of furan rings is 1. The smallest absolute Gasteiger partial charge is 0.420 e. The van der Waals surface area contributed by atoms with Crippen molar-refractivity contribution in [2.75, 3.05) is 0 Å². The lowest BCUT2D eigenvalue weighted by atomic mass is 9.26. The number of hydrogen-bond donors (Lipinski definition) is 0. The molecule has 0 amide bonds. The molecule has 0 atom stereocenters. The number of rotatable bonds is 4. The van der Waals surface area contributed by atoms with Gasteiger partial charge in [0.1, 0.15) is 0 Å². The molecule has 1 saturated carbocycles. The minimum Gasteiger partial charge on any atom is -0.777 e. The monoisotopic (exact) mass is 566 g/mol. The van der Waals surface area contributed by atoms with Crippen molar-refractivity contribution in [2.45, 2.75) is 32.1 Å². The first-order valence-corrected chi connectivity index (χ1v) is 16.3. The molecule has 0 saturated heterocycles. The summed E-state index contributed by atoms with van der Waals surface area (Å²) < 4.78 is 3.87. The SMILES string of the molecule is c1ccc2cc(C3=C(C4CCCCC4)c4ccc[o+]4[B-]3(c3ccc4ccccc4c3)c3ccc4ccccc4c3)ccc2c1. The van der Waals surface area contributed by atoms with Crippen molar-refractivity contribution in [3.8, 4) is 0 Å². The molecule has 0 N–H and O–H groups in total. The maximum atomic E-state index is 3.87. The predicted octanol–water partition coefficient (Wildman–Crippen LogP) is 10.1. The fourth-order valence-corrected chi connectivity index (χ4v) is 8.67. The van der Waals surface area contributed by atoms with Crippen LogP contribution in [0.5, 0.6) is 0 Å². The molecule has 2 heterocycles. The summed E-state index contributed by atoms with van der Waals surface area (Å²) in [6.07, 6.45) is 7.11. The third-order valence-corrected chi connectivity index (χ3v) is 10.6.